The van der Waals surface area contributed by atoms with E-state index < -0.39 is 0 Å². The zero-order valence-electron chi connectivity index (χ0n) is 20.5. The second-order valence-electron chi connectivity index (χ2n) is 8.99. The molecule has 0 atom stereocenters. The van der Waals surface area contributed by atoms with Crippen LogP contribution in [0.15, 0.2) is 58.2 Å². The van der Waals surface area contributed by atoms with E-state index >= 15 is 0 Å². The minimum atomic E-state index is -0.166. The number of thiocarbonyl (C=S) groups is 1. The summed E-state index contributed by atoms with van der Waals surface area (Å²) >= 11 is 6.85. The van der Waals surface area contributed by atoms with Crippen molar-refractivity contribution in [1.29, 1.82) is 0 Å². The predicted octanol–water partition coefficient (Wildman–Crippen LogP) is 5.42. The van der Waals surface area contributed by atoms with Crippen molar-refractivity contribution in [2.45, 2.75) is 39.3 Å². The Morgan fingerprint density at radius 3 is 2.44 bits per heavy atom. The fourth-order valence-corrected chi connectivity index (χ4v) is 6.23. The van der Waals surface area contributed by atoms with Crippen LogP contribution >= 0.6 is 24.0 Å². The molecule has 6 nitrogen and oxygen atoms in total. The molecule has 8 heteroatoms. The van der Waals surface area contributed by atoms with Gasteiger partial charge in [-0.05, 0) is 56.0 Å². The summed E-state index contributed by atoms with van der Waals surface area (Å²) in [5.74, 6) is 0.596. The summed E-state index contributed by atoms with van der Waals surface area (Å²) in [6.07, 6.45) is 5.15. The number of pyridine rings is 1. The highest BCUT2D eigenvalue weighted by Gasteiger charge is 2.33. The first kappa shape index (κ1) is 24.6. The van der Waals surface area contributed by atoms with Gasteiger partial charge in [-0.3, -0.25) is 14.5 Å². The molecule has 2 aliphatic rings. The van der Waals surface area contributed by atoms with E-state index in [1.807, 2.05) is 49.4 Å². The quantitative estimate of drug-likeness (QED) is 0.320. The van der Waals surface area contributed by atoms with Crippen LogP contribution in [0.4, 0.5) is 5.69 Å². The molecule has 2 aromatic carbocycles. The van der Waals surface area contributed by atoms with Crippen LogP contribution in [0.1, 0.15) is 37.3 Å². The van der Waals surface area contributed by atoms with Gasteiger partial charge in [-0.25, -0.2) is 0 Å². The van der Waals surface area contributed by atoms with Crippen molar-refractivity contribution in [3.63, 3.8) is 0 Å². The van der Waals surface area contributed by atoms with Gasteiger partial charge in [0.05, 0.1) is 35.3 Å². The molecule has 0 unspecified atom stereocenters. The van der Waals surface area contributed by atoms with Crippen molar-refractivity contribution in [3.05, 3.63) is 74.9 Å². The summed E-state index contributed by atoms with van der Waals surface area (Å²) in [5, 5.41) is 1.04. The minimum Gasteiger partial charge on any atom is -0.497 e. The van der Waals surface area contributed by atoms with E-state index in [9.17, 15) is 9.59 Å². The van der Waals surface area contributed by atoms with E-state index in [4.69, 9.17) is 17.0 Å². The summed E-state index contributed by atoms with van der Waals surface area (Å²) in [4.78, 5) is 31.7. The number of fused-ring (bicyclic) bond motifs is 1. The van der Waals surface area contributed by atoms with E-state index in [2.05, 4.69) is 11.0 Å². The highest BCUT2D eigenvalue weighted by Crippen LogP contribution is 2.37. The van der Waals surface area contributed by atoms with Gasteiger partial charge in [0.1, 0.15) is 10.1 Å². The highest BCUT2D eigenvalue weighted by atomic mass is 32.2. The maximum absolute atomic E-state index is 13.8. The Labute approximate surface area is 220 Å². The lowest BCUT2D eigenvalue weighted by Crippen LogP contribution is -2.33. The Morgan fingerprint density at radius 1 is 1.03 bits per heavy atom. The third kappa shape index (κ3) is 4.55. The number of amides is 1. The smallest absolute Gasteiger partial charge is 0.266 e. The molecule has 3 heterocycles. The van der Waals surface area contributed by atoms with Crippen molar-refractivity contribution >= 4 is 56.9 Å². The molecular weight excluding hydrogens is 490 g/mol. The molecular formula is C28H29N3O3S2. The Bertz CT molecular complexity index is 1410. The van der Waals surface area contributed by atoms with Crippen LogP contribution in [-0.2, 0) is 17.9 Å². The number of benzene rings is 2. The zero-order chi connectivity index (χ0) is 25.2. The fourth-order valence-electron chi connectivity index (χ4n) is 4.99. The van der Waals surface area contributed by atoms with Crippen LogP contribution in [0, 0.1) is 0 Å². The summed E-state index contributed by atoms with van der Waals surface area (Å²) in [6, 6.07) is 15.7. The summed E-state index contributed by atoms with van der Waals surface area (Å²) in [5.41, 5.74) is 3.32. The summed E-state index contributed by atoms with van der Waals surface area (Å²) < 4.78 is 7.53. The Balaban J connectivity index is 1.58. The summed E-state index contributed by atoms with van der Waals surface area (Å²) in [6.45, 7) is 4.71. The molecule has 1 aromatic heterocycles. The van der Waals surface area contributed by atoms with Gasteiger partial charge in [0.25, 0.3) is 11.5 Å². The van der Waals surface area contributed by atoms with Gasteiger partial charge in [0, 0.05) is 25.0 Å². The monoisotopic (exact) mass is 519 g/mol. The molecule has 0 spiro atoms. The van der Waals surface area contributed by atoms with Crippen LogP contribution < -0.4 is 15.2 Å². The number of anilines is 1. The first-order chi connectivity index (χ1) is 17.5. The molecule has 0 radical (unpaired) electrons. The molecule has 0 aliphatic carbocycles. The van der Waals surface area contributed by atoms with Gasteiger partial charge in [0.15, 0.2) is 0 Å². The number of para-hydroxylation sites is 1. The van der Waals surface area contributed by atoms with Crippen molar-refractivity contribution < 1.29 is 9.53 Å². The number of hydrogen-bond donors (Lipinski definition) is 0. The van der Waals surface area contributed by atoms with Crippen LogP contribution in [0.5, 0.6) is 5.75 Å². The van der Waals surface area contributed by atoms with Gasteiger partial charge < -0.3 is 14.2 Å². The van der Waals surface area contributed by atoms with Gasteiger partial charge in [-0.1, -0.05) is 54.3 Å². The zero-order valence-corrected chi connectivity index (χ0v) is 22.2. The number of ether oxygens (including phenoxy) is 1. The standard InChI is InChI=1S/C28H29N3O3S2/c1-3-30-23-10-6-5-9-21(23)25(29-15-7-4-8-16-29)22(26(30)32)17-24-27(33)31(28(35)36-24)18-19-11-13-20(34-2)14-12-19/h5-6,9-14,17H,3-4,7-8,15-16,18H2,1-2H3. The third-order valence-electron chi connectivity index (χ3n) is 6.82. The molecule has 3 aromatic rings. The van der Waals surface area contributed by atoms with Crippen LogP contribution in [0.25, 0.3) is 17.0 Å². The van der Waals surface area contributed by atoms with Gasteiger partial charge in [-0.2, -0.15) is 0 Å². The van der Waals surface area contributed by atoms with Gasteiger partial charge in [0.2, 0.25) is 0 Å². The Kier molecular flexibility index (Phi) is 7.16. The number of nitrogens with zero attached hydrogens (tertiary/aromatic N) is 3. The van der Waals surface area contributed by atoms with E-state index in [1.54, 1.807) is 22.7 Å². The molecule has 2 saturated heterocycles. The number of aryl methyl sites for hydroxylation is 1. The molecule has 2 aliphatic heterocycles. The molecule has 1 amide bonds. The fraction of sp³-hybridized carbons (Fsp3) is 0.321. The SMILES string of the molecule is CCn1c(=O)c(C=C2SC(=S)N(Cc3ccc(OC)cc3)C2=O)c(N2CCCCC2)c2ccccc21. The number of carbonyl (C=O) groups is 1. The van der Waals surface area contributed by atoms with E-state index in [0.717, 1.165) is 53.8 Å². The number of aromatic nitrogens is 1. The first-order valence-corrected chi connectivity index (χ1v) is 13.5. The lowest BCUT2D eigenvalue weighted by molar-refractivity contribution is -0.122. The van der Waals surface area contributed by atoms with Gasteiger partial charge >= 0.3 is 0 Å². The van der Waals surface area contributed by atoms with E-state index in [0.29, 0.717) is 27.9 Å². The summed E-state index contributed by atoms with van der Waals surface area (Å²) in [7, 11) is 1.62. The number of piperidine rings is 1. The van der Waals surface area contributed by atoms with Crippen LogP contribution in [-0.4, -0.2) is 39.9 Å². The third-order valence-corrected chi connectivity index (χ3v) is 8.20. The maximum Gasteiger partial charge on any atom is 0.266 e. The van der Waals surface area contributed by atoms with E-state index in [1.165, 1.54) is 18.2 Å². The van der Waals surface area contributed by atoms with Crippen LogP contribution in [0.3, 0.4) is 0 Å². The lowest BCUT2D eigenvalue weighted by Gasteiger charge is -2.31. The molecule has 0 bridgehead atoms. The number of carbonyl (C=O) groups excluding carboxylic acids is 1. The number of thioether (sulfide) groups is 1. The average Bonchev–Trinajstić information content (AvgIpc) is 3.17. The largest absolute Gasteiger partial charge is 0.497 e. The Hall–Kier alpha value is -3.10. The van der Waals surface area contributed by atoms with E-state index in [-0.39, 0.29) is 11.5 Å². The average molecular weight is 520 g/mol. The normalized spacial score (nSPS) is 17.4. The predicted molar refractivity (Wildman–Crippen MR) is 152 cm³/mol. The van der Waals surface area contributed by atoms with Crippen molar-refractivity contribution in [3.8, 4) is 5.75 Å². The molecule has 186 valence electrons. The lowest BCUT2D eigenvalue weighted by atomic mass is 10.0. The maximum atomic E-state index is 13.8. The number of methoxy groups -OCH3 is 1. The molecule has 0 saturated carbocycles. The number of hydrogen-bond acceptors (Lipinski definition) is 6. The highest BCUT2D eigenvalue weighted by molar-refractivity contribution is 8.26. The molecule has 2 fully saturated rings. The van der Waals surface area contributed by atoms with Crippen molar-refractivity contribution in [2.75, 3.05) is 25.1 Å². The molecule has 5 rings (SSSR count). The Morgan fingerprint density at radius 2 is 1.75 bits per heavy atom. The van der Waals surface area contributed by atoms with Gasteiger partial charge in [-0.15, -0.1) is 0 Å². The first-order valence-electron chi connectivity index (χ1n) is 12.3. The molecule has 0 N–H and O–H groups in total. The van der Waals surface area contributed by atoms with Crippen molar-refractivity contribution in [1.82, 2.24) is 9.47 Å². The minimum absolute atomic E-state index is 0.0720. The number of rotatable bonds is 6. The van der Waals surface area contributed by atoms with Crippen molar-refractivity contribution in [2.24, 2.45) is 0 Å². The van der Waals surface area contributed by atoms with Crippen LogP contribution in [0.2, 0.25) is 0 Å². The second-order valence-corrected chi connectivity index (χ2v) is 10.7. The molecule has 36 heavy (non-hydrogen) atoms. The second kappa shape index (κ2) is 10.5. The topological polar surface area (TPSA) is 54.8 Å².